The molecule has 0 aromatic heterocycles. The molecule has 1 rings (SSSR count). The van der Waals surface area contributed by atoms with Crippen molar-refractivity contribution in [3.8, 4) is 0 Å². The quantitative estimate of drug-likeness (QED) is 0.811. The topological polar surface area (TPSA) is 12.0 Å². The maximum Gasteiger partial charge on any atom is 0.129 e. The van der Waals surface area contributed by atoms with E-state index in [1.54, 1.807) is 12.1 Å². The normalized spacial score (nSPS) is 13.1. The highest BCUT2D eigenvalue weighted by Crippen LogP contribution is 2.15. The van der Waals surface area contributed by atoms with Crippen molar-refractivity contribution in [1.82, 2.24) is 5.32 Å². The summed E-state index contributed by atoms with van der Waals surface area (Å²) in [6.45, 7) is 4.80. The molecule has 0 spiro atoms. The van der Waals surface area contributed by atoms with E-state index in [9.17, 15) is 4.39 Å². The van der Waals surface area contributed by atoms with Crippen LogP contribution in [0.5, 0.6) is 0 Å². The maximum atomic E-state index is 13.5. The molecule has 1 nitrogen and oxygen atoms in total. The minimum atomic E-state index is -0.253. The molecule has 1 atom stereocenters. The molecule has 90 valence electrons. The Bertz CT molecular complexity index is 344. The molecule has 0 aliphatic rings. The second-order valence-electron chi connectivity index (χ2n) is 4.12. The van der Waals surface area contributed by atoms with E-state index in [1.165, 1.54) is 6.07 Å². The number of rotatable bonds is 5. The zero-order valence-corrected chi connectivity index (χ0v) is 11.8. The molecule has 0 radical (unpaired) electrons. The molecular weight excluding hydrogens is 292 g/mol. The maximum absolute atomic E-state index is 13.5. The minimum Gasteiger partial charge on any atom is -0.309 e. The Hall–Kier alpha value is -0.120. The molecule has 0 aliphatic heterocycles. The zero-order chi connectivity index (χ0) is 12.1. The summed E-state index contributed by atoms with van der Waals surface area (Å²) in [5.74, 6) is 0.256. The summed E-state index contributed by atoms with van der Waals surface area (Å²) in [6, 6.07) is 5.11. The van der Waals surface area contributed by atoms with E-state index in [0.29, 0.717) is 29.1 Å². The van der Waals surface area contributed by atoms with Crippen LogP contribution in [-0.4, -0.2) is 11.4 Å². The Morgan fingerprint density at radius 1 is 1.44 bits per heavy atom. The van der Waals surface area contributed by atoms with Gasteiger partial charge >= 0.3 is 0 Å². The molecule has 0 fully saturated rings. The standard InChI is InChI=1S/C12H16BrClFN/c1-8(2)12(6-13)16-7-9-3-4-10(14)5-11(9)15/h3-5,8,12,16H,6-7H2,1-2H3. The molecule has 0 saturated carbocycles. The summed E-state index contributed by atoms with van der Waals surface area (Å²) in [5, 5.41) is 4.61. The van der Waals surface area contributed by atoms with Gasteiger partial charge in [-0.2, -0.15) is 0 Å². The predicted molar refractivity (Wildman–Crippen MR) is 70.7 cm³/mol. The monoisotopic (exact) mass is 307 g/mol. The second-order valence-corrected chi connectivity index (χ2v) is 5.21. The Labute approximate surface area is 110 Å². The number of nitrogens with one attached hydrogen (secondary N) is 1. The zero-order valence-electron chi connectivity index (χ0n) is 9.43. The van der Waals surface area contributed by atoms with Crippen LogP contribution in [0.3, 0.4) is 0 Å². The van der Waals surface area contributed by atoms with E-state index in [2.05, 4.69) is 35.1 Å². The van der Waals surface area contributed by atoms with Crippen molar-refractivity contribution in [1.29, 1.82) is 0 Å². The lowest BCUT2D eigenvalue weighted by molar-refractivity contribution is 0.429. The van der Waals surface area contributed by atoms with Gasteiger partial charge in [-0.3, -0.25) is 0 Å². The smallest absolute Gasteiger partial charge is 0.129 e. The van der Waals surface area contributed by atoms with Crippen LogP contribution < -0.4 is 5.32 Å². The second kappa shape index (κ2) is 6.58. The molecule has 0 saturated heterocycles. The van der Waals surface area contributed by atoms with Gasteiger partial charge in [0.15, 0.2) is 0 Å². The lowest BCUT2D eigenvalue weighted by atomic mass is 10.1. The number of halogens is 3. The molecule has 1 N–H and O–H groups in total. The largest absolute Gasteiger partial charge is 0.309 e. The Kier molecular flexibility index (Phi) is 5.73. The first-order valence-electron chi connectivity index (χ1n) is 5.28. The van der Waals surface area contributed by atoms with E-state index >= 15 is 0 Å². The van der Waals surface area contributed by atoms with Crippen LogP contribution in [-0.2, 0) is 6.54 Å². The van der Waals surface area contributed by atoms with Crippen LogP contribution in [0.4, 0.5) is 4.39 Å². The van der Waals surface area contributed by atoms with Crippen molar-refractivity contribution in [3.63, 3.8) is 0 Å². The van der Waals surface area contributed by atoms with Crippen molar-refractivity contribution in [2.45, 2.75) is 26.4 Å². The fourth-order valence-electron chi connectivity index (χ4n) is 1.37. The van der Waals surface area contributed by atoms with Crippen LogP contribution >= 0.6 is 27.5 Å². The Morgan fingerprint density at radius 2 is 2.12 bits per heavy atom. The fourth-order valence-corrected chi connectivity index (χ4v) is 2.51. The molecule has 0 amide bonds. The number of alkyl halides is 1. The minimum absolute atomic E-state index is 0.253. The highest BCUT2D eigenvalue weighted by molar-refractivity contribution is 9.09. The number of hydrogen-bond acceptors (Lipinski definition) is 1. The Balaban J connectivity index is 2.60. The molecule has 1 unspecified atom stereocenters. The first kappa shape index (κ1) is 13.9. The van der Waals surface area contributed by atoms with Gasteiger partial charge in [-0.25, -0.2) is 4.39 Å². The van der Waals surface area contributed by atoms with Gasteiger partial charge in [-0.15, -0.1) is 0 Å². The molecule has 0 bridgehead atoms. The molecular formula is C12H16BrClFN. The lowest BCUT2D eigenvalue weighted by Crippen LogP contribution is -2.34. The van der Waals surface area contributed by atoms with E-state index in [4.69, 9.17) is 11.6 Å². The average Bonchev–Trinajstić information content (AvgIpc) is 2.21. The van der Waals surface area contributed by atoms with Crippen LogP contribution in [0.1, 0.15) is 19.4 Å². The van der Waals surface area contributed by atoms with E-state index in [1.807, 2.05) is 0 Å². The predicted octanol–water partition coefficient (Wildman–Crippen LogP) is 3.99. The first-order chi connectivity index (χ1) is 7.54. The van der Waals surface area contributed by atoms with Crippen LogP contribution in [0, 0.1) is 11.7 Å². The molecule has 0 heterocycles. The van der Waals surface area contributed by atoms with Crippen molar-refractivity contribution in [2.24, 2.45) is 5.92 Å². The molecule has 1 aromatic carbocycles. The number of benzene rings is 1. The average molecular weight is 309 g/mol. The highest BCUT2D eigenvalue weighted by Gasteiger charge is 2.12. The van der Waals surface area contributed by atoms with E-state index < -0.39 is 0 Å². The molecule has 4 heteroatoms. The summed E-state index contributed by atoms with van der Waals surface area (Å²) in [5.41, 5.74) is 0.649. The van der Waals surface area contributed by atoms with Crippen molar-refractivity contribution in [3.05, 3.63) is 34.6 Å². The summed E-state index contributed by atoms with van der Waals surface area (Å²) in [7, 11) is 0. The van der Waals surface area contributed by atoms with Crippen LogP contribution in [0.2, 0.25) is 5.02 Å². The number of hydrogen-bond donors (Lipinski definition) is 1. The summed E-state index contributed by atoms with van der Waals surface area (Å²) < 4.78 is 13.5. The van der Waals surface area contributed by atoms with Crippen molar-refractivity contribution < 1.29 is 4.39 Å². The van der Waals surface area contributed by atoms with E-state index in [-0.39, 0.29) is 5.82 Å². The summed E-state index contributed by atoms with van der Waals surface area (Å²) in [4.78, 5) is 0. The lowest BCUT2D eigenvalue weighted by Gasteiger charge is -2.20. The van der Waals surface area contributed by atoms with Crippen LogP contribution in [0.25, 0.3) is 0 Å². The summed E-state index contributed by atoms with van der Waals surface area (Å²) >= 11 is 9.13. The third kappa shape index (κ3) is 4.04. The third-order valence-electron chi connectivity index (χ3n) is 2.54. The SMILES string of the molecule is CC(C)C(CBr)NCc1ccc(Cl)cc1F. The summed E-state index contributed by atoms with van der Waals surface area (Å²) in [6.07, 6.45) is 0. The van der Waals surface area contributed by atoms with Gasteiger partial charge in [-0.05, 0) is 18.1 Å². The highest BCUT2D eigenvalue weighted by atomic mass is 79.9. The molecule has 16 heavy (non-hydrogen) atoms. The van der Waals surface area contributed by atoms with Gasteiger partial charge in [-0.1, -0.05) is 47.4 Å². The van der Waals surface area contributed by atoms with Gasteiger partial charge < -0.3 is 5.32 Å². The fraction of sp³-hybridized carbons (Fsp3) is 0.500. The van der Waals surface area contributed by atoms with Crippen molar-refractivity contribution in [2.75, 3.05) is 5.33 Å². The van der Waals surface area contributed by atoms with Gasteiger partial charge in [0.25, 0.3) is 0 Å². The third-order valence-corrected chi connectivity index (χ3v) is 3.47. The van der Waals surface area contributed by atoms with E-state index in [0.717, 1.165) is 5.33 Å². The van der Waals surface area contributed by atoms with Gasteiger partial charge in [0, 0.05) is 28.5 Å². The van der Waals surface area contributed by atoms with Crippen molar-refractivity contribution >= 4 is 27.5 Å². The van der Waals surface area contributed by atoms with Gasteiger partial charge in [0.2, 0.25) is 0 Å². The Morgan fingerprint density at radius 3 is 2.62 bits per heavy atom. The van der Waals surface area contributed by atoms with Gasteiger partial charge in [0.1, 0.15) is 5.82 Å². The van der Waals surface area contributed by atoms with Crippen LogP contribution in [0.15, 0.2) is 18.2 Å². The molecule has 0 aliphatic carbocycles. The first-order valence-corrected chi connectivity index (χ1v) is 6.77. The van der Waals surface area contributed by atoms with Gasteiger partial charge in [0.05, 0.1) is 0 Å². The molecule has 1 aromatic rings.